The minimum absolute atomic E-state index is 0.316. The van der Waals surface area contributed by atoms with Gasteiger partial charge in [0, 0.05) is 11.1 Å². The zero-order valence-corrected chi connectivity index (χ0v) is 10.9. The average molecular weight is 261 g/mol. The van der Waals surface area contributed by atoms with Crippen LogP contribution in [0.5, 0.6) is 0 Å². The Morgan fingerprint density at radius 1 is 1.39 bits per heavy atom. The number of nitrogens with zero attached hydrogens (tertiary/aromatic N) is 2. The predicted molar refractivity (Wildman–Crippen MR) is 70.0 cm³/mol. The molecule has 2 aromatic rings. The Morgan fingerprint density at radius 3 is 2.72 bits per heavy atom. The van der Waals surface area contributed by atoms with E-state index in [1.165, 1.54) is 23.5 Å². The van der Waals surface area contributed by atoms with Gasteiger partial charge in [0.1, 0.15) is 5.82 Å². The van der Waals surface area contributed by atoms with Crippen molar-refractivity contribution in [3.8, 4) is 6.07 Å². The van der Waals surface area contributed by atoms with Crippen LogP contribution < -0.4 is 5.32 Å². The van der Waals surface area contributed by atoms with Gasteiger partial charge in [-0.05, 0) is 37.6 Å². The average Bonchev–Trinajstić information content (AvgIpc) is 2.71. The number of hydrogen-bond donors (Lipinski definition) is 1. The van der Waals surface area contributed by atoms with Gasteiger partial charge >= 0.3 is 0 Å². The zero-order valence-electron chi connectivity index (χ0n) is 10.1. The molecule has 0 bridgehead atoms. The Labute approximate surface area is 109 Å². The van der Waals surface area contributed by atoms with Gasteiger partial charge in [-0.2, -0.15) is 5.26 Å². The fourth-order valence-corrected chi connectivity index (χ4v) is 2.31. The highest BCUT2D eigenvalue weighted by atomic mass is 32.1. The summed E-state index contributed by atoms with van der Waals surface area (Å²) in [4.78, 5) is 4.26. The van der Waals surface area contributed by atoms with Gasteiger partial charge in [-0.3, -0.25) is 0 Å². The van der Waals surface area contributed by atoms with Crippen LogP contribution in [0.15, 0.2) is 23.6 Å². The number of hydrogen-bond acceptors (Lipinski definition) is 4. The molecule has 0 aliphatic rings. The smallest absolute Gasteiger partial charge is 0.158 e. The Kier molecular flexibility index (Phi) is 3.58. The van der Waals surface area contributed by atoms with Gasteiger partial charge in [0.2, 0.25) is 0 Å². The normalized spacial score (nSPS) is 11.9. The van der Waals surface area contributed by atoms with Gasteiger partial charge in [-0.25, -0.2) is 9.37 Å². The van der Waals surface area contributed by atoms with E-state index in [0.717, 1.165) is 10.6 Å². The van der Waals surface area contributed by atoms with Crippen molar-refractivity contribution in [2.45, 2.75) is 19.9 Å². The molecule has 1 heterocycles. The standard InChI is InChI=1S/C13H12FN3S/c1-8-3-10(14)5-11(4-8)17-12(6-15)13-7-18-9(2)16-13/h3-5,7,12,17H,1-2H3. The van der Waals surface area contributed by atoms with E-state index >= 15 is 0 Å². The SMILES string of the molecule is Cc1cc(F)cc(NC(C#N)c2csc(C)n2)c1. The van der Waals surface area contributed by atoms with E-state index < -0.39 is 6.04 Å². The number of nitrogens with one attached hydrogen (secondary N) is 1. The molecule has 1 atom stereocenters. The maximum atomic E-state index is 13.3. The van der Waals surface area contributed by atoms with Crippen molar-refractivity contribution in [1.82, 2.24) is 4.98 Å². The first-order chi connectivity index (χ1) is 8.58. The van der Waals surface area contributed by atoms with E-state index in [0.29, 0.717) is 11.4 Å². The third-order valence-corrected chi connectivity index (χ3v) is 3.21. The number of halogens is 1. The van der Waals surface area contributed by atoms with Crippen molar-refractivity contribution in [2.75, 3.05) is 5.32 Å². The first kappa shape index (κ1) is 12.5. The Balaban J connectivity index is 2.23. The van der Waals surface area contributed by atoms with Gasteiger partial charge in [0.15, 0.2) is 6.04 Å². The first-order valence-electron chi connectivity index (χ1n) is 5.44. The van der Waals surface area contributed by atoms with E-state index in [2.05, 4.69) is 16.4 Å². The second-order valence-corrected chi connectivity index (χ2v) is 5.08. The molecule has 1 N–H and O–H groups in total. The molecule has 1 aromatic carbocycles. The first-order valence-corrected chi connectivity index (χ1v) is 6.32. The summed E-state index contributed by atoms with van der Waals surface area (Å²) in [5.74, 6) is -0.316. The molecule has 0 saturated heterocycles. The third-order valence-electron chi connectivity index (χ3n) is 2.41. The van der Waals surface area contributed by atoms with Crippen molar-refractivity contribution < 1.29 is 4.39 Å². The van der Waals surface area contributed by atoms with Crippen LogP contribution in [0.4, 0.5) is 10.1 Å². The van der Waals surface area contributed by atoms with E-state index in [1.54, 1.807) is 6.07 Å². The number of rotatable bonds is 3. The number of nitriles is 1. The van der Waals surface area contributed by atoms with Crippen LogP contribution in [0.25, 0.3) is 0 Å². The molecular weight excluding hydrogens is 249 g/mol. The second kappa shape index (κ2) is 5.15. The third kappa shape index (κ3) is 2.84. The van der Waals surface area contributed by atoms with Gasteiger partial charge in [0.25, 0.3) is 0 Å². The van der Waals surface area contributed by atoms with Crippen LogP contribution in [-0.4, -0.2) is 4.98 Å². The molecule has 1 aromatic heterocycles. The summed E-state index contributed by atoms with van der Waals surface area (Å²) in [6, 6.07) is 6.18. The summed E-state index contributed by atoms with van der Waals surface area (Å²) in [6.45, 7) is 3.69. The number of thiazole rings is 1. The van der Waals surface area contributed by atoms with Crippen LogP contribution >= 0.6 is 11.3 Å². The maximum Gasteiger partial charge on any atom is 0.158 e. The molecular formula is C13H12FN3S. The predicted octanol–water partition coefficient (Wildman–Crippen LogP) is 3.58. The molecule has 5 heteroatoms. The number of benzene rings is 1. The van der Waals surface area contributed by atoms with Crippen LogP contribution in [0, 0.1) is 31.0 Å². The van der Waals surface area contributed by atoms with Crippen LogP contribution in [0.2, 0.25) is 0 Å². The molecule has 0 spiro atoms. The van der Waals surface area contributed by atoms with Crippen LogP contribution in [0.1, 0.15) is 22.3 Å². The topological polar surface area (TPSA) is 48.7 Å². The van der Waals surface area contributed by atoms with Gasteiger partial charge in [-0.1, -0.05) is 0 Å². The minimum Gasteiger partial charge on any atom is -0.365 e. The summed E-state index contributed by atoms with van der Waals surface area (Å²) < 4.78 is 13.3. The molecule has 2 rings (SSSR count). The minimum atomic E-state index is -0.559. The molecule has 3 nitrogen and oxygen atoms in total. The second-order valence-electron chi connectivity index (χ2n) is 4.02. The number of anilines is 1. The molecule has 0 aliphatic heterocycles. The highest BCUT2D eigenvalue weighted by molar-refractivity contribution is 7.09. The van der Waals surface area contributed by atoms with Gasteiger partial charge in [0.05, 0.1) is 16.8 Å². The molecule has 0 aliphatic carbocycles. The van der Waals surface area contributed by atoms with E-state index in [4.69, 9.17) is 5.26 Å². The quantitative estimate of drug-likeness (QED) is 0.918. The molecule has 0 amide bonds. The molecule has 1 unspecified atom stereocenters. The number of aromatic nitrogens is 1. The summed E-state index contributed by atoms with van der Waals surface area (Å²) in [5, 5.41) is 14.9. The molecule has 18 heavy (non-hydrogen) atoms. The van der Waals surface area contributed by atoms with Gasteiger partial charge < -0.3 is 5.32 Å². The van der Waals surface area contributed by atoms with Crippen molar-refractivity contribution in [1.29, 1.82) is 5.26 Å². The van der Waals surface area contributed by atoms with E-state index in [1.807, 2.05) is 19.2 Å². The Hall–Kier alpha value is -1.93. The van der Waals surface area contributed by atoms with E-state index in [-0.39, 0.29) is 5.82 Å². The van der Waals surface area contributed by atoms with Crippen molar-refractivity contribution in [2.24, 2.45) is 0 Å². The lowest BCUT2D eigenvalue weighted by Gasteiger charge is -2.11. The van der Waals surface area contributed by atoms with Crippen LogP contribution in [-0.2, 0) is 0 Å². The molecule has 92 valence electrons. The van der Waals surface area contributed by atoms with Crippen molar-refractivity contribution >= 4 is 17.0 Å². The highest BCUT2D eigenvalue weighted by Gasteiger charge is 2.13. The largest absolute Gasteiger partial charge is 0.365 e. The molecule has 0 saturated carbocycles. The zero-order chi connectivity index (χ0) is 13.1. The lowest BCUT2D eigenvalue weighted by Crippen LogP contribution is -2.09. The van der Waals surface area contributed by atoms with Crippen molar-refractivity contribution in [3.63, 3.8) is 0 Å². The molecule has 0 radical (unpaired) electrons. The Bertz CT molecular complexity index is 580. The number of aryl methyl sites for hydroxylation is 2. The van der Waals surface area contributed by atoms with Crippen molar-refractivity contribution in [3.05, 3.63) is 45.7 Å². The fraction of sp³-hybridized carbons (Fsp3) is 0.231. The maximum absolute atomic E-state index is 13.3. The Morgan fingerprint density at radius 2 is 2.17 bits per heavy atom. The van der Waals surface area contributed by atoms with E-state index in [9.17, 15) is 4.39 Å². The van der Waals surface area contributed by atoms with Crippen LogP contribution in [0.3, 0.4) is 0 Å². The highest BCUT2D eigenvalue weighted by Crippen LogP contribution is 2.22. The summed E-state index contributed by atoms with van der Waals surface area (Å²) >= 11 is 1.49. The molecule has 0 fully saturated rings. The fourth-order valence-electron chi connectivity index (χ4n) is 1.67. The monoisotopic (exact) mass is 261 g/mol. The lowest BCUT2D eigenvalue weighted by atomic mass is 10.2. The summed E-state index contributed by atoms with van der Waals surface area (Å²) in [5.41, 5.74) is 2.07. The summed E-state index contributed by atoms with van der Waals surface area (Å²) in [7, 11) is 0. The lowest BCUT2D eigenvalue weighted by molar-refractivity contribution is 0.627. The van der Waals surface area contributed by atoms with Gasteiger partial charge in [-0.15, -0.1) is 11.3 Å². The summed E-state index contributed by atoms with van der Waals surface area (Å²) in [6.07, 6.45) is 0.